The zero-order valence-electron chi connectivity index (χ0n) is 7.62. The molecule has 70 valence electrons. The van der Waals surface area contributed by atoms with E-state index in [2.05, 4.69) is 5.32 Å². The fourth-order valence-corrected chi connectivity index (χ4v) is 0.613. The van der Waals surface area contributed by atoms with Crippen molar-refractivity contribution in [2.75, 3.05) is 6.61 Å². The van der Waals surface area contributed by atoms with Crippen molar-refractivity contribution >= 4 is 11.9 Å². The Kier molecular flexibility index (Phi) is 4.15. The molecular weight excluding hydrogens is 162 g/mol. The van der Waals surface area contributed by atoms with E-state index in [1.807, 2.05) is 0 Å². The van der Waals surface area contributed by atoms with Gasteiger partial charge in [0, 0.05) is 7.79 Å². The van der Waals surface area contributed by atoms with Gasteiger partial charge in [0.05, 0.1) is 6.61 Å². The summed E-state index contributed by atoms with van der Waals surface area (Å²) >= 11 is 0. The Balaban J connectivity index is 3.80. The molecule has 5 heteroatoms. The summed E-state index contributed by atoms with van der Waals surface area (Å²) in [5.74, 6) is -1.71. The van der Waals surface area contributed by atoms with Crippen molar-refractivity contribution in [1.82, 2.24) is 5.32 Å². The van der Waals surface area contributed by atoms with Crippen LogP contribution in [0.15, 0.2) is 0 Å². The molecule has 0 rings (SSSR count). The van der Waals surface area contributed by atoms with Crippen LogP contribution >= 0.6 is 0 Å². The molecule has 0 saturated heterocycles. The molecule has 3 N–H and O–H groups in total. The second kappa shape index (κ2) is 5.54. The first kappa shape index (κ1) is 8.99. The van der Waals surface area contributed by atoms with Gasteiger partial charge in [0.25, 0.3) is 0 Å². The van der Waals surface area contributed by atoms with Gasteiger partial charge in [-0.05, 0) is 6.42 Å². The minimum Gasteiger partial charge on any atom is -0.480 e. The van der Waals surface area contributed by atoms with Crippen LogP contribution in [0.3, 0.4) is 0 Å². The summed E-state index contributed by atoms with van der Waals surface area (Å²) in [6.45, 7) is -0.494. The van der Waals surface area contributed by atoms with Crippen molar-refractivity contribution < 1.29 is 21.2 Å². The van der Waals surface area contributed by atoms with E-state index in [9.17, 15) is 9.59 Å². The molecular formula is C7H13NO4. The Hall–Kier alpha value is -1.10. The van der Waals surface area contributed by atoms with Crippen molar-refractivity contribution in [3.63, 3.8) is 0 Å². The smallest absolute Gasteiger partial charge is 0.328 e. The monoisotopic (exact) mass is 176 g/mol. The Morgan fingerprint density at radius 1 is 1.67 bits per heavy atom. The van der Waals surface area contributed by atoms with E-state index in [1.165, 1.54) is 0 Å². The van der Waals surface area contributed by atoms with Gasteiger partial charge >= 0.3 is 5.97 Å². The molecule has 0 aromatic rings. The summed E-state index contributed by atoms with van der Waals surface area (Å²) in [7, 11) is 0. The number of hydrogen-bond donors (Lipinski definition) is 3. The Labute approximate surface area is 71.8 Å². The molecule has 0 spiro atoms. The van der Waals surface area contributed by atoms with E-state index in [1.54, 1.807) is 0 Å². The molecule has 0 heterocycles. The summed E-state index contributed by atoms with van der Waals surface area (Å²) < 4.78 is 6.76. The van der Waals surface area contributed by atoms with E-state index in [0.29, 0.717) is 6.42 Å². The van der Waals surface area contributed by atoms with Gasteiger partial charge in [-0.25, -0.2) is 4.79 Å². The first-order valence-corrected chi connectivity index (χ1v) is 3.54. The third-order valence-corrected chi connectivity index (χ3v) is 1.22. The SMILES string of the molecule is [2H]CCCC(=O)N[C@@H](CO)C(=O)O. The number of carboxylic acids is 1. The number of aliphatic hydroxyl groups is 1. The predicted octanol–water partition coefficient (Wildman–Crippen LogP) is -0.652. The molecule has 0 aliphatic carbocycles. The molecule has 0 aromatic heterocycles. The third-order valence-electron chi connectivity index (χ3n) is 1.22. The number of carbonyl (C=O) groups is 2. The summed E-state index contributed by atoms with van der Waals surface area (Å²) in [5, 5.41) is 19.1. The minimum absolute atomic E-state index is 0.118. The highest BCUT2D eigenvalue weighted by molar-refractivity contribution is 5.83. The first-order valence-electron chi connectivity index (χ1n) is 4.24. The van der Waals surface area contributed by atoms with Crippen molar-refractivity contribution in [1.29, 1.82) is 0 Å². The summed E-state index contributed by atoms with van der Waals surface area (Å²) in [6.07, 6.45) is 0.511. The number of hydrogen-bond acceptors (Lipinski definition) is 3. The van der Waals surface area contributed by atoms with Gasteiger partial charge in [-0.2, -0.15) is 0 Å². The summed E-state index contributed by atoms with van der Waals surface area (Å²) in [6, 6.07) is -1.24. The van der Waals surface area contributed by atoms with Crippen molar-refractivity contribution in [2.24, 2.45) is 0 Å². The fourth-order valence-electron chi connectivity index (χ4n) is 0.613. The number of carbonyl (C=O) groups excluding carboxylic acids is 1. The third kappa shape index (κ3) is 3.92. The maximum absolute atomic E-state index is 10.9. The van der Waals surface area contributed by atoms with E-state index >= 15 is 0 Å². The largest absolute Gasteiger partial charge is 0.480 e. The maximum Gasteiger partial charge on any atom is 0.328 e. The molecule has 1 atom stereocenters. The van der Waals surface area contributed by atoms with Gasteiger partial charge in [0.2, 0.25) is 5.91 Å². The Bertz CT molecular complexity index is 185. The highest BCUT2D eigenvalue weighted by atomic mass is 16.4. The van der Waals surface area contributed by atoms with E-state index in [4.69, 9.17) is 11.6 Å². The normalized spacial score (nSPS) is 13.2. The molecule has 0 aromatic carbocycles. The van der Waals surface area contributed by atoms with Crippen LogP contribution < -0.4 is 5.32 Å². The number of aliphatic hydroxyl groups excluding tert-OH is 1. The number of aliphatic carboxylic acids is 1. The minimum atomic E-state index is -1.26. The molecule has 0 fully saturated rings. The zero-order chi connectivity index (χ0) is 10.3. The molecule has 0 unspecified atom stereocenters. The molecule has 1 amide bonds. The quantitative estimate of drug-likeness (QED) is 0.519. The van der Waals surface area contributed by atoms with Crippen LogP contribution in [0.4, 0.5) is 0 Å². The van der Waals surface area contributed by atoms with Crippen LogP contribution in [0.1, 0.15) is 21.1 Å². The maximum atomic E-state index is 10.9. The van der Waals surface area contributed by atoms with Crippen molar-refractivity contribution in [2.45, 2.75) is 25.8 Å². The van der Waals surface area contributed by atoms with Gasteiger partial charge in [-0.1, -0.05) is 6.90 Å². The van der Waals surface area contributed by atoms with Crippen molar-refractivity contribution in [3.8, 4) is 0 Å². The van der Waals surface area contributed by atoms with Crippen LogP contribution in [0.5, 0.6) is 0 Å². The first-order chi connectivity index (χ1) is 6.11. The summed E-state index contributed by atoms with van der Waals surface area (Å²) in [5.41, 5.74) is 0. The van der Waals surface area contributed by atoms with Crippen molar-refractivity contribution in [3.05, 3.63) is 0 Å². The molecule has 0 aliphatic rings. The van der Waals surface area contributed by atoms with E-state index < -0.39 is 24.5 Å². The van der Waals surface area contributed by atoms with Crippen LogP contribution in [0.25, 0.3) is 0 Å². The van der Waals surface area contributed by atoms with Crippen LogP contribution in [-0.2, 0) is 9.59 Å². The Morgan fingerprint density at radius 3 is 2.75 bits per heavy atom. The molecule has 0 bridgehead atoms. The molecule has 0 aliphatic heterocycles. The van der Waals surface area contributed by atoms with E-state index in [0.717, 1.165) is 0 Å². The molecule has 0 saturated carbocycles. The molecule has 12 heavy (non-hydrogen) atoms. The second-order valence-corrected chi connectivity index (χ2v) is 2.24. The lowest BCUT2D eigenvalue weighted by Gasteiger charge is -2.10. The topological polar surface area (TPSA) is 86.6 Å². The van der Waals surface area contributed by atoms with Gasteiger partial charge in [-0.3, -0.25) is 4.79 Å². The summed E-state index contributed by atoms with van der Waals surface area (Å²) in [4.78, 5) is 21.2. The molecule has 0 radical (unpaired) electrons. The Morgan fingerprint density at radius 2 is 2.33 bits per heavy atom. The lowest BCUT2D eigenvalue weighted by Crippen LogP contribution is -2.43. The van der Waals surface area contributed by atoms with Crippen LogP contribution in [0, 0.1) is 0 Å². The lowest BCUT2D eigenvalue weighted by atomic mass is 10.2. The number of rotatable bonds is 5. The van der Waals surface area contributed by atoms with Crippen LogP contribution in [-0.4, -0.2) is 34.7 Å². The zero-order valence-corrected chi connectivity index (χ0v) is 6.62. The highest BCUT2D eigenvalue weighted by Gasteiger charge is 2.17. The van der Waals surface area contributed by atoms with Gasteiger partial charge in [0.1, 0.15) is 6.04 Å². The van der Waals surface area contributed by atoms with Gasteiger partial charge in [0.15, 0.2) is 0 Å². The number of carboxylic acid groups (broad SMARTS) is 1. The van der Waals surface area contributed by atoms with E-state index in [-0.39, 0.29) is 13.3 Å². The molecule has 5 nitrogen and oxygen atoms in total. The average Bonchev–Trinajstić information content (AvgIpc) is 2.10. The predicted molar refractivity (Wildman–Crippen MR) is 41.6 cm³/mol. The second-order valence-electron chi connectivity index (χ2n) is 2.24. The lowest BCUT2D eigenvalue weighted by molar-refractivity contribution is -0.142. The van der Waals surface area contributed by atoms with Gasteiger partial charge < -0.3 is 15.5 Å². The van der Waals surface area contributed by atoms with Gasteiger partial charge in [-0.15, -0.1) is 0 Å². The number of amides is 1. The standard InChI is InChI=1S/C7H13NO4/c1-2-3-6(10)8-5(4-9)7(11)12/h5,9H,2-4H2,1H3,(H,8,10)(H,11,12)/t5-/m0/s1/i1D. The highest BCUT2D eigenvalue weighted by Crippen LogP contribution is 1.89. The average molecular weight is 176 g/mol. The number of nitrogens with one attached hydrogen (secondary N) is 1. The van der Waals surface area contributed by atoms with Crippen LogP contribution in [0.2, 0.25) is 0 Å². The fraction of sp³-hybridized carbons (Fsp3) is 0.714.